The van der Waals surface area contributed by atoms with Crippen molar-refractivity contribution in [3.05, 3.63) is 29.8 Å². The fourth-order valence-corrected chi connectivity index (χ4v) is 3.18. The first-order valence-corrected chi connectivity index (χ1v) is 9.36. The molecule has 5 nitrogen and oxygen atoms in total. The third-order valence-corrected chi connectivity index (χ3v) is 5.86. The largest absolute Gasteiger partial charge is 0.378 e. The van der Waals surface area contributed by atoms with E-state index in [1.807, 2.05) is 6.92 Å². The van der Waals surface area contributed by atoms with Crippen molar-refractivity contribution in [2.24, 2.45) is 0 Å². The molecule has 1 fully saturated rings. The summed E-state index contributed by atoms with van der Waals surface area (Å²) in [5, 5.41) is -0.400. The average Bonchev–Trinajstić information content (AvgIpc) is 2.53. The third-order valence-electron chi connectivity index (χ3n) is 4.05. The van der Waals surface area contributed by atoms with Crippen LogP contribution < -0.4 is 9.62 Å². The molecule has 0 bridgehead atoms. The second-order valence-electron chi connectivity index (χ2n) is 6.03. The zero-order valence-corrected chi connectivity index (χ0v) is 14.4. The maximum absolute atomic E-state index is 11.8. The summed E-state index contributed by atoms with van der Waals surface area (Å²) in [7, 11) is -3.20. The monoisotopic (exact) mass is 326 g/mol. The van der Waals surface area contributed by atoms with Crippen molar-refractivity contribution in [1.29, 1.82) is 0 Å². The Bertz CT molecular complexity index is 564. The van der Waals surface area contributed by atoms with Gasteiger partial charge in [0.1, 0.15) is 0 Å². The second kappa shape index (κ2) is 7.44. The van der Waals surface area contributed by atoms with E-state index in [0.717, 1.165) is 31.9 Å². The van der Waals surface area contributed by atoms with Gasteiger partial charge in [-0.25, -0.2) is 13.1 Å². The van der Waals surface area contributed by atoms with Gasteiger partial charge in [-0.05, 0) is 37.5 Å². The first-order chi connectivity index (χ1) is 10.4. The molecule has 1 aromatic carbocycles. The normalized spacial score (nSPS) is 17.7. The summed E-state index contributed by atoms with van der Waals surface area (Å²) in [6.07, 6.45) is 0. The Kier molecular flexibility index (Phi) is 5.83. The summed E-state index contributed by atoms with van der Waals surface area (Å²) < 4.78 is 31.6. The number of benzene rings is 1. The lowest BCUT2D eigenvalue weighted by atomic mass is 10.0. The molecule has 1 saturated heterocycles. The number of hydrogen-bond acceptors (Lipinski definition) is 4. The molecule has 0 amide bonds. The molecule has 0 aliphatic carbocycles. The highest BCUT2D eigenvalue weighted by Crippen LogP contribution is 2.21. The van der Waals surface area contributed by atoms with E-state index in [9.17, 15) is 8.42 Å². The highest BCUT2D eigenvalue weighted by Gasteiger charge is 2.17. The SMILES string of the molecule is CC(CNS(=O)(=O)C(C)C)c1ccc(N2CCOCC2)cc1. The molecule has 1 atom stereocenters. The van der Waals surface area contributed by atoms with E-state index in [2.05, 4.69) is 33.9 Å². The molecule has 1 aliphatic rings. The van der Waals surface area contributed by atoms with E-state index in [4.69, 9.17) is 4.74 Å². The second-order valence-corrected chi connectivity index (χ2v) is 8.36. The van der Waals surface area contributed by atoms with E-state index < -0.39 is 15.3 Å². The molecule has 1 unspecified atom stereocenters. The van der Waals surface area contributed by atoms with E-state index in [-0.39, 0.29) is 5.92 Å². The molecule has 1 aliphatic heterocycles. The van der Waals surface area contributed by atoms with Gasteiger partial charge in [-0.15, -0.1) is 0 Å². The van der Waals surface area contributed by atoms with Crippen molar-refractivity contribution >= 4 is 15.7 Å². The van der Waals surface area contributed by atoms with Gasteiger partial charge in [0, 0.05) is 25.3 Å². The van der Waals surface area contributed by atoms with Crippen LogP contribution in [-0.4, -0.2) is 46.5 Å². The highest BCUT2D eigenvalue weighted by atomic mass is 32.2. The van der Waals surface area contributed by atoms with E-state index in [1.54, 1.807) is 13.8 Å². The van der Waals surface area contributed by atoms with Gasteiger partial charge < -0.3 is 9.64 Å². The summed E-state index contributed by atoms with van der Waals surface area (Å²) in [5.74, 6) is 0.146. The summed E-state index contributed by atoms with van der Waals surface area (Å²) in [4.78, 5) is 2.30. The Morgan fingerprint density at radius 2 is 1.73 bits per heavy atom. The van der Waals surface area contributed by atoms with Crippen molar-refractivity contribution in [2.45, 2.75) is 31.9 Å². The number of ether oxygens (including phenoxy) is 1. The Morgan fingerprint density at radius 3 is 2.27 bits per heavy atom. The predicted molar refractivity (Wildman–Crippen MR) is 89.9 cm³/mol. The lowest BCUT2D eigenvalue weighted by molar-refractivity contribution is 0.122. The number of anilines is 1. The molecule has 1 aromatic rings. The van der Waals surface area contributed by atoms with Crippen molar-refractivity contribution in [2.75, 3.05) is 37.7 Å². The Balaban J connectivity index is 1.94. The number of morpholine rings is 1. The zero-order chi connectivity index (χ0) is 16.2. The first-order valence-electron chi connectivity index (χ1n) is 7.81. The minimum atomic E-state index is -3.20. The lowest BCUT2D eigenvalue weighted by Gasteiger charge is -2.29. The minimum Gasteiger partial charge on any atom is -0.378 e. The van der Waals surface area contributed by atoms with E-state index in [1.165, 1.54) is 5.69 Å². The Hall–Kier alpha value is -1.11. The molecule has 0 aromatic heterocycles. The summed E-state index contributed by atoms with van der Waals surface area (Å²) in [5.41, 5.74) is 2.34. The Morgan fingerprint density at radius 1 is 1.14 bits per heavy atom. The van der Waals surface area contributed by atoms with Gasteiger partial charge in [0.2, 0.25) is 10.0 Å². The molecular formula is C16H26N2O3S. The quantitative estimate of drug-likeness (QED) is 0.868. The number of hydrogen-bond donors (Lipinski definition) is 1. The fraction of sp³-hybridized carbons (Fsp3) is 0.625. The molecular weight excluding hydrogens is 300 g/mol. The van der Waals surface area contributed by atoms with Crippen LogP contribution in [0.1, 0.15) is 32.3 Å². The number of rotatable bonds is 6. The van der Waals surface area contributed by atoms with Gasteiger partial charge in [0.05, 0.1) is 18.5 Å². The van der Waals surface area contributed by atoms with Crippen molar-refractivity contribution < 1.29 is 13.2 Å². The molecule has 22 heavy (non-hydrogen) atoms. The molecule has 0 spiro atoms. The summed E-state index contributed by atoms with van der Waals surface area (Å²) in [6, 6.07) is 8.38. The minimum absolute atomic E-state index is 0.146. The van der Waals surface area contributed by atoms with Crippen LogP contribution >= 0.6 is 0 Å². The van der Waals surface area contributed by atoms with Gasteiger partial charge in [0.25, 0.3) is 0 Å². The van der Waals surface area contributed by atoms with Gasteiger partial charge in [0.15, 0.2) is 0 Å². The van der Waals surface area contributed by atoms with Crippen LogP contribution in [0.4, 0.5) is 5.69 Å². The molecule has 2 rings (SSSR count). The lowest BCUT2D eigenvalue weighted by Crippen LogP contribution is -2.36. The van der Waals surface area contributed by atoms with Crippen LogP contribution in [0.2, 0.25) is 0 Å². The van der Waals surface area contributed by atoms with E-state index in [0.29, 0.717) is 6.54 Å². The van der Waals surface area contributed by atoms with Crippen molar-refractivity contribution in [1.82, 2.24) is 4.72 Å². The molecule has 6 heteroatoms. The van der Waals surface area contributed by atoms with Crippen LogP contribution in [0.3, 0.4) is 0 Å². The predicted octanol–water partition coefficient (Wildman–Crippen LogP) is 1.95. The van der Waals surface area contributed by atoms with Crippen LogP contribution in [-0.2, 0) is 14.8 Å². The summed E-state index contributed by atoms with van der Waals surface area (Å²) in [6.45, 7) is 9.22. The number of nitrogens with zero attached hydrogens (tertiary/aromatic N) is 1. The number of sulfonamides is 1. The maximum atomic E-state index is 11.8. The molecule has 0 radical (unpaired) electrons. The van der Waals surface area contributed by atoms with Crippen molar-refractivity contribution in [3.8, 4) is 0 Å². The Labute approximate surface area is 133 Å². The standard InChI is InChI=1S/C16H26N2O3S/c1-13(2)22(19,20)17-12-14(3)15-4-6-16(7-5-15)18-8-10-21-11-9-18/h4-7,13-14,17H,8-12H2,1-3H3. The van der Waals surface area contributed by atoms with Crippen molar-refractivity contribution in [3.63, 3.8) is 0 Å². The third kappa shape index (κ3) is 4.44. The first kappa shape index (κ1) is 17.2. The van der Waals surface area contributed by atoms with Gasteiger partial charge in [-0.3, -0.25) is 0 Å². The molecule has 1 N–H and O–H groups in total. The maximum Gasteiger partial charge on any atom is 0.213 e. The fourth-order valence-electron chi connectivity index (χ4n) is 2.36. The van der Waals surface area contributed by atoms with Gasteiger partial charge in [-0.1, -0.05) is 19.1 Å². The average molecular weight is 326 g/mol. The van der Waals surface area contributed by atoms with Crippen LogP contribution in [0.15, 0.2) is 24.3 Å². The van der Waals surface area contributed by atoms with Gasteiger partial charge in [-0.2, -0.15) is 0 Å². The number of nitrogens with one attached hydrogen (secondary N) is 1. The topological polar surface area (TPSA) is 58.6 Å². The zero-order valence-electron chi connectivity index (χ0n) is 13.6. The van der Waals surface area contributed by atoms with Crippen LogP contribution in [0.25, 0.3) is 0 Å². The van der Waals surface area contributed by atoms with Crippen LogP contribution in [0, 0.1) is 0 Å². The van der Waals surface area contributed by atoms with Gasteiger partial charge >= 0.3 is 0 Å². The smallest absolute Gasteiger partial charge is 0.213 e. The molecule has 124 valence electrons. The summed E-state index contributed by atoms with van der Waals surface area (Å²) >= 11 is 0. The van der Waals surface area contributed by atoms with Crippen LogP contribution in [0.5, 0.6) is 0 Å². The molecule has 1 heterocycles. The highest BCUT2D eigenvalue weighted by molar-refractivity contribution is 7.90. The van der Waals surface area contributed by atoms with E-state index >= 15 is 0 Å². The molecule has 0 saturated carbocycles.